The minimum atomic E-state index is 0.429. The highest BCUT2D eigenvalue weighted by molar-refractivity contribution is 6.35. The Morgan fingerprint density at radius 3 is 2.62 bits per heavy atom. The molecule has 3 rings (SSSR count). The molecule has 0 atom stereocenters. The van der Waals surface area contributed by atoms with Crippen molar-refractivity contribution in [2.45, 2.75) is 6.92 Å². The molecular weight excluding hydrogens is 351 g/mol. The van der Waals surface area contributed by atoms with E-state index in [9.17, 15) is 0 Å². The van der Waals surface area contributed by atoms with Crippen molar-refractivity contribution < 1.29 is 4.52 Å². The van der Waals surface area contributed by atoms with Crippen LogP contribution in [0.3, 0.4) is 0 Å². The molecule has 0 unspecified atom stereocenters. The van der Waals surface area contributed by atoms with Crippen LogP contribution in [0.1, 0.15) is 5.82 Å². The third kappa shape index (κ3) is 3.93. The van der Waals surface area contributed by atoms with E-state index in [0.717, 1.165) is 5.56 Å². The highest BCUT2D eigenvalue weighted by Crippen LogP contribution is 2.24. The molecule has 3 aromatic rings. The van der Waals surface area contributed by atoms with E-state index in [1.54, 1.807) is 19.2 Å². The number of rotatable bonds is 6. The minimum absolute atomic E-state index is 0.429. The molecule has 7 nitrogen and oxygen atoms in total. The average Bonchev–Trinajstić information content (AvgIpc) is 3.00. The van der Waals surface area contributed by atoms with Gasteiger partial charge in [-0.2, -0.15) is 4.98 Å². The van der Waals surface area contributed by atoms with Crippen LogP contribution in [0.2, 0.25) is 10.0 Å². The molecule has 0 amide bonds. The van der Waals surface area contributed by atoms with Crippen LogP contribution in [-0.2, 0) is 0 Å². The monoisotopic (exact) mass is 364 g/mol. The van der Waals surface area contributed by atoms with Crippen LogP contribution in [0, 0.1) is 6.92 Å². The maximum Gasteiger partial charge on any atom is 0.261 e. The average molecular weight is 365 g/mol. The number of aryl methyl sites for hydroxylation is 1. The molecule has 0 bridgehead atoms. The Morgan fingerprint density at radius 1 is 1.12 bits per heavy atom. The molecule has 9 heteroatoms. The second-order valence-electron chi connectivity index (χ2n) is 4.88. The summed E-state index contributed by atoms with van der Waals surface area (Å²) in [4.78, 5) is 12.7. The van der Waals surface area contributed by atoms with Crippen LogP contribution in [0.4, 0.5) is 11.6 Å². The lowest BCUT2D eigenvalue weighted by Gasteiger charge is -2.10. The third-order valence-corrected chi connectivity index (χ3v) is 3.58. The van der Waals surface area contributed by atoms with Gasteiger partial charge in [-0.05, 0) is 25.1 Å². The van der Waals surface area contributed by atoms with Crippen LogP contribution in [-0.4, -0.2) is 33.2 Å². The molecule has 24 heavy (non-hydrogen) atoms. The standard InChI is InChI=1S/C15H14Cl2N6O/c1-9-22-15(24-23-9)11-3-2-4-18-13(11)19-5-6-20-14-12(17)7-10(16)8-21-14/h2-4,7-8H,5-6H2,1H3,(H,18,19)(H,20,21). The van der Waals surface area contributed by atoms with E-state index in [0.29, 0.717) is 46.5 Å². The Morgan fingerprint density at radius 2 is 1.92 bits per heavy atom. The molecule has 3 heterocycles. The second kappa shape index (κ2) is 7.46. The lowest BCUT2D eigenvalue weighted by atomic mass is 10.2. The summed E-state index contributed by atoms with van der Waals surface area (Å²) < 4.78 is 5.20. The maximum absolute atomic E-state index is 6.06. The molecule has 2 N–H and O–H groups in total. The van der Waals surface area contributed by atoms with Gasteiger partial charge in [-0.25, -0.2) is 9.97 Å². The molecule has 124 valence electrons. The molecule has 0 aliphatic carbocycles. The van der Waals surface area contributed by atoms with E-state index in [1.807, 2.05) is 12.1 Å². The third-order valence-electron chi connectivity index (χ3n) is 3.08. The summed E-state index contributed by atoms with van der Waals surface area (Å²) in [7, 11) is 0. The summed E-state index contributed by atoms with van der Waals surface area (Å²) in [6, 6.07) is 5.32. The van der Waals surface area contributed by atoms with Crippen LogP contribution >= 0.6 is 23.2 Å². The lowest BCUT2D eigenvalue weighted by Crippen LogP contribution is -2.15. The molecule has 0 saturated carbocycles. The van der Waals surface area contributed by atoms with E-state index in [4.69, 9.17) is 27.7 Å². The number of pyridine rings is 2. The Hall–Kier alpha value is -2.38. The van der Waals surface area contributed by atoms with Gasteiger partial charge in [-0.1, -0.05) is 28.4 Å². The number of hydrogen-bond acceptors (Lipinski definition) is 7. The summed E-state index contributed by atoms with van der Waals surface area (Å²) in [5.41, 5.74) is 0.751. The molecule has 3 aromatic heterocycles. The van der Waals surface area contributed by atoms with Gasteiger partial charge in [0, 0.05) is 25.5 Å². The van der Waals surface area contributed by atoms with Crippen LogP contribution in [0.5, 0.6) is 0 Å². The Labute approximate surface area is 148 Å². The van der Waals surface area contributed by atoms with E-state index >= 15 is 0 Å². The second-order valence-corrected chi connectivity index (χ2v) is 5.73. The van der Waals surface area contributed by atoms with Crippen molar-refractivity contribution in [2.75, 3.05) is 23.7 Å². The van der Waals surface area contributed by atoms with Crippen molar-refractivity contribution >= 4 is 34.8 Å². The van der Waals surface area contributed by atoms with Gasteiger partial charge in [-0.3, -0.25) is 0 Å². The number of hydrogen-bond donors (Lipinski definition) is 2. The van der Waals surface area contributed by atoms with Gasteiger partial charge >= 0.3 is 0 Å². The van der Waals surface area contributed by atoms with Gasteiger partial charge in [0.25, 0.3) is 5.89 Å². The summed E-state index contributed by atoms with van der Waals surface area (Å²) >= 11 is 11.9. The molecule has 0 aliphatic heterocycles. The van der Waals surface area contributed by atoms with Crippen molar-refractivity contribution in [1.29, 1.82) is 0 Å². The molecular formula is C15H14Cl2N6O. The SMILES string of the molecule is Cc1noc(-c2cccnc2NCCNc2ncc(Cl)cc2Cl)n1. The Bertz CT molecular complexity index is 838. The lowest BCUT2D eigenvalue weighted by molar-refractivity contribution is 0.425. The van der Waals surface area contributed by atoms with Crippen molar-refractivity contribution in [1.82, 2.24) is 20.1 Å². The highest BCUT2D eigenvalue weighted by Gasteiger charge is 2.12. The summed E-state index contributed by atoms with van der Waals surface area (Å²) in [5, 5.41) is 11.1. The number of aromatic nitrogens is 4. The van der Waals surface area contributed by atoms with Crippen molar-refractivity contribution in [3.63, 3.8) is 0 Å². The number of nitrogens with one attached hydrogen (secondary N) is 2. The minimum Gasteiger partial charge on any atom is -0.368 e. The van der Waals surface area contributed by atoms with Crippen LogP contribution in [0.25, 0.3) is 11.5 Å². The van der Waals surface area contributed by atoms with Gasteiger partial charge in [0.2, 0.25) is 0 Å². The number of anilines is 2. The van der Waals surface area contributed by atoms with E-state index in [2.05, 4.69) is 30.7 Å². The molecule has 0 spiro atoms. The predicted octanol–water partition coefficient (Wildman–Crippen LogP) is 3.67. The summed E-state index contributed by atoms with van der Waals surface area (Å²) in [6.45, 7) is 2.95. The van der Waals surface area contributed by atoms with Crippen LogP contribution < -0.4 is 10.6 Å². The highest BCUT2D eigenvalue weighted by atomic mass is 35.5. The molecule has 0 aromatic carbocycles. The first-order chi connectivity index (χ1) is 11.6. The first-order valence-electron chi connectivity index (χ1n) is 7.18. The topological polar surface area (TPSA) is 88.8 Å². The summed E-state index contributed by atoms with van der Waals surface area (Å²) in [5.74, 6) is 2.25. The van der Waals surface area contributed by atoms with Crippen LogP contribution in [0.15, 0.2) is 35.1 Å². The maximum atomic E-state index is 6.06. The molecule has 0 aliphatic rings. The Kier molecular flexibility index (Phi) is 5.12. The van der Waals surface area contributed by atoms with Crippen molar-refractivity contribution in [3.05, 3.63) is 46.5 Å². The zero-order valence-corrected chi connectivity index (χ0v) is 14.3. The fraction of sp³-hybridized carbons (Fsp3) is 0.200. The quantitative estimate of drug-likeness (QED) is 0.645. The van der Waals surface area contributed by atoms with Crippen molar-refractivity contribution in [3.8, 4) is 11.5 Å². The Balaban J connectivity index is 1.61. The van der Waals surface area contributed by atoms with Gasteiger partial charge in [0.15, 0.2) is 5.82 Å². The normalized spacial score (nSPS) is 10.6. The first-order valence-corrected chi connectivity index (χ1v) is 7.93. The molecule has 0 fully saturated rings. The van der Waals surface area contributed by atoms with Gasteiger partial charge in [-0.15, -0.1) is 0 Å². The van der Waals surface area contributed by atoms with Gasteiger partial charge in [0.1, 0.15) is 11.6 Å². The molecule has 0 saturated heterocycles. The smallest absolute Gasteiger partial charge is 0.261 e. The van der Waals surface area contributed by atoms with E-state index < -0.39 is 0 Å². The number of halogens is 2. The van der Waals surface area contributed by atoms with Crippen molar-refractivity contribution in [2.24, 2.45) is 0 Å². The fourth-order valence-corrected chi connectivity index (χ4v) is 2.48. The van der Waals surface area contributed by atoms with E-state index in [1.165, 1.54) is 6.20 Å². The van der Waals surface area contributed by atoms with E-state index in [-0.39, 0.29) is 0 Å². The largest absolute Gasteiger partial charge is 0.368 e. The van der Waals surface area contributed by atoms with Gasteiger partial charge < -0.3 is 15.2 Å². The molecule has 0 radical (unpaired) electrons. The number of nitrogens with zero attached hydrogens (tertiary/aromatic N) is 4. The zero-order chi connectivity index (χ0) is 16.9. The predicted molar refractivity (Wildman–Crippen MR) is 93.5 cm³/mol. The summed E-state index contributed by atoms with van der Waals surface area (Å²) in [6.07, 6.45) is 3.23. The van der Waals surface area contributed by atoms with Gasteiger partial charge in [0.05, 0.1) is 15.6 Å². The first kappa shape index (κ1) is 16.5. The fourth-order valence-electron chi connectivity index (χ4n) is 2.03. The zero-order valence-electron chi connectivity index (χ0n) is 12.8.